The summed E-state index contributed by atoms with van der Waals surface area (Å²) < 4.78 is 4.85. The van der Waals surface area contributed by atoms with Gasteiger partial charge in [-0.25, -0.2) is 0 Å². The molecule has 1 rings (SSSR count). The number of ether oxygens (including phenoxy) is 1. The number of likely N-dealkylation sites (tertiary alicyclic amines) is 1. The predicted octanol–water partition coefficient (Wildman–Crippen LogP) is -0.808. The second-order valence-electron chi connectivity index (χ2n) is 2.71. The molecule has 0 radical (unpaired) electrons. The van der Waals surface area contributed by atoms with Crippen LogP contribution >= 0.6 is 0 Å². The lowest BCUT2D eigenvalue weighted by Crippen LogP contribution is -2.35. The highest BCUT2D eigenvalue weighted by atomic mass is 16.5. The van der Waals surface area contributed by atoms with E-state index in [1.165, 1.54) is 0 Å². The Morgan fingerprint density at radius 3 is 3.00 bits per heavy atom. The van der Waals surface area contributed by atoms with E-state index >= 15 is 0 Å². The van der Waals surface area contributed by atoms with E-state index in [2.05, 4.69) is 0 Å². The smallest absolute Gasteiger partial charge is 0.239 e. The number of methoxy groups -OCH3 is 1. The second kappa shape index (κ2) is 3.69. The third-order valence-electron chi connectivity index (χ3n) is 1.90. The van der Waals surface area contributed by atoms with Gasteiger partial charge in [0.2, 0.25) is 5.91 Å². The molecule has 64 valence electrons. The van der Waals surface area contributed by atoms with Gasteiger partial charge in [0.25, 0.3) is 0 Å². The second-order valence-corrected chi connectivity index (χ2v) is 2.71. The highest BCUT2D eigenvalue weighted by Gasteiger charge is 2.27. The number of hydrogen-bond donors (Lipinski definition) is 1. The summed E-state index contributed by atoms with van der Waals surface area (Å²) in [6.07, 6.45) is 0.780. The molecular formula is C7H14N2O2. The first-order valence-corrected chi connectivity index (χ1v) is 3.79. The molecule has 0 aliphatic carbocycles. The van der Waals surface area contributed by atoms with Gasteiger partial charge in [0.1, 0.15) is 0 Å². The minimum Gasteiger partial charge on any atom is -0.383 e. The van der Waals surface area contributed by atoms with Crippen molar-refractivity contribution in [3.05, 3.63) is 0 Å². The Bertz CT molecular complexity index is 149. The lowest BCUT2D eigenvalue weighted by atomic mass is 10.3. The monoisotopic (exact) mass is 158 g/mol. The predicted molar refractivity (Wildman–Crippen MR) is 41.0 cm³/mol. The van der Waals surface area contributed by atoms with Gasteiger partial charge in [-0.15, -0.1) is 0 Å². The molecule has 1 aliphatic rings. The van der Waals surface area contributed by atoms with Crippen molar-refractivity contribution >= 4 is 5.91 Å². The van der Waals surface area contributed by atoms with E-state index in [-0.39, 0.29) is 11.9 Å². The summed E-state index contributed by atoms with van der Waals surface area (Å²) in [6.45, 7) is 2.05. The quantitative estimate of drug-likeness (QED) is 0.584. The topological polar surface area (TPSA) is 55.6 Å². The van der Waals surface area contributed by atoms with Crippen LogP contribution in [0.5, 0.6) is 0 Å². The molecule has 1 heterocycles. The summed E-state index contributed by atoms with van der Waals surface area (Å²) in [5.74, 6) is 0.0575. The van der Waals surface area contributed by atoms with Crippen LogP contribution in [0.1, 0.15) is 6.42 Å². The largest absolute Gasteiger partial charge is 0.383 e. The first kappa shape index (κ1) is 8.49. The molecule has 0 aromatic heterocycles. The van der Waals surface area contributed by atoms with Gasteiger partial charge in [0, 0.05) is 20.2 Å². The zero-order chi connectivity index (χ0) is 8.27. The van der Waals surface area contributed by atoms with Crippen molar-refractivity contribution in [1.29, 1.82) is 0 Å². The third kappa shape index (κ3) is 1.91. The molecule has 11 heavy (non-hydrogen) atoms. The fraction of sp³-hybridized carbons (Fsp3) is 0.857. The van der Waals surface area contributed by atoms with Gasteiger partial charge in [-0.1, -0.05) is 0 Å². The first-order chi connectivity index (χ1) is 5.25. The van der Waals surface area contributed by atoms with Crippen LogP contribution < -0.4 is 5.73 Å². The molecule has 0 unspecified atom stereocenters. The van der Waals surface area contributed by atoms with Crippen LogP contribution in [0.15, 0.2) is 0 Å². The summed E-state index contributed by atoms with van der Waals surface area (Å²) in [4.78, 5) is 12.9. The van der Waals surface area contributed by atoms with E-state index < -0.39 is 0 Å². The van der Waals surface area contributed by atoms with E-state index in [9.17, 15) is 4.79 Å². The zero-order valence-corrected chi connectivity index (χ0v) is 6.75. The first-order valence-electron chi connectivity index (χ1n) is 3.79. The van der Waals surface area contributed by atoms with E-state index in [0.717, 1.165) is 13.0 Å². The van der Waals surface area contributed by atoms with Crippen molar-refractivity contribution in [3.63, 3.8) is 0 Å². The maximum atomic E-state index is 11.2. The molecule has 2 N–H and O–H groups in total. The molecule has 1 aliphatic heterocycles. The minimum absolute atomic E-state index is 0.0575. The molecule has 1 saturated heterocycles. The molecule has 0 spiro atoms. The van der Waals surface area contributed by atoms with Crippen molar-refractivity contribution in [1.82, 2.24) is 4.90 Å². The molecule has 1 amide bonds. The van der Waals surface area contributed by atoms with Gasteiger partial charge in [-0.05, 0) is 6.42 Å². The summed E-state index contributed by atoms with van der Waals surface area (Å²) in [7, 11) is 1.63. The number of carbonyl (C=O) groups excluding carboxylic acids is 1. The minimum atomic E-state index is -0.271. The number of amides is 1. The average molecular weight is 158 g/mol. The van der Waals surface area contributed by atoms with E-state index in [1.54, 1.807) is 12.0 Å². The van der Waals surface area contributed by atoms with Gasteiger partial charge in [0.05, 0.1) is 12.6 Å². The van der Waals surface area contributed by atoms with E-state index in [1.807, 2.05) is 0 Å². The molecule has 0 saturated carbocycles. The highest BCUT2D eigenvalue weighted by Crippen LogP contribution is 2.07. The summed E-state index contributed by atoms with van der Waals surface area (Å²) in [5, 5.41) is 0. The normalized spacial score (nSPS) is 24.7. The maximum Gasteiger partial charge on any atom is 0.239 e. The Hall–Kier alpha value is -0.610. The SMILES string of the molecule is COCCN1CC[C@H](N)C1=O. The molecule has 0 aromatic carbocycles. The Morgan fingerprint density at radius 2 is 2.55 bits per heavy atom. The average Bonchev–Trinajstić information content (AvgIpc) is 2.31. The van der Waals surface area contributed by atoms with Crippen LogP contribution in [-0.2, 0) is 9.53 Å². The van der Waals surface area contributed by atoms with Crippen molar-refractivity contribution in [2.75, 3.05) is 26.8 Å². The molecule has 1 fully saturated rings. The summed E-state index contributed by atoms with van der Waals surface area (Å²) in [6, 6.07) is -0.271. The summed E-state index contributed by atoms with van der Waals surface area (Å²) in [5.41, 5.74) is 5.51. The van der Waals surface area contributed by atoms with Crippen LogP contribution in [0.3, 0.4) is 0 Å². The molecule has 0 bridgehead atoms. The van der Waals surface area contributed by atoms with Crippen molar-refractivity contribution in [2.24, 2.45) is 5.73 Å². The zero-order valence-electron chi connectivity index (χ0n) is 6.75. The summed E-state index contributed by atoms with van der Waals surface area (Å²) >= 11 is 0. The Morgan fingerprint density at radius 1 is 1.82 bits per heavy atom. The number of rotatable bonds is 3. The van der Waals surface area contributed by atoms with Crippen molar-refractivity contribution < 1.29 is 9.53 Å². The van der Waals surface area contributed by atoms with Gasteiger partial charge in [-0.3, -0.25) is 4.79 Å². The van der Waals surface area contributed by atoms with Gasteiger partial charge >= 0.3 is 0 Å². The van der Waals surface area contributed by atoms with Crippen LogP contribution in [0, 0.1) is 0 Å². The van der Waals surface area contributed by atoms with Crippen molar-refractivity contribution in [3.8, 4) is 0 Å². The standard InChI is InChI=1S/C7H14N2O2/c1-11-5-4-9-3-2-6(8)7(9)10/h6H,2-5,8H2,1H3/t6-/m0/s1. The molecule has 4 heteroatoms. The Balaban J connectivity index is 2.30. The highest BCUT2D eigenvalue weighted by molar-refractivity contribution is 5.83. The lowest BCUT2D eigenvalue weighted by Gasteiger charge is -2.14. The Labute approximate surface area is 66.3 Å². The van der Waals surface area contributed by atoms with Gasteiger partial charge < -0.3 is 15.4 Å². The molecule has 0 aromatic rings. The molecule has 1 atom stereocenters. The van der Waals surface area contributed by atoms with Crippen LogP contribution in [0.25, 0.3) is 0 Å². The van der Waals surface area contributed by atoms with Crippen LogP contribution in [0.4, 0.5) is 0 Å². The number of hydrogen-bond acceptors (Lipinski definition) is 3. The molecule has 4 nitrogen and oxygen atoms in total. The van der Waals surface area contributed by atoms with Gasteiger partial charge in [0.15, 0.2) is 0 Å². The lowest BCUT2D eigenvalue weighted by molar-refractivity contribution is -0.129. The van der Waals surface area contributed by atoms with Crippen LogP contribution in [-0.4, -0.2) is 43.7 Å². The maximum absolute atomic E-state index is 11.2. The number of nitrogens with two attached hydrogens (primary N) is 1. The van der Waals surface area contributed by atoms with E-state index in [0.29, 0.717) is 13.2 Å². The van der Waals surface area contributed by atoms with Gasteiger partial charge in [-0.2, -0.15) is 0 Å². The Kier molecular flexibility index (Phi) is 2.84. The fourth-order valence-corrected chi connectivity index (χ4v) is 1.19. The van der Waals surface area contributed by atoms with Crippen LogP contribution in [0.2, 0.25) is 0 Å². The fourth-order valence-electron chi connectivity index (χ4n) is 1.19. The number of nitrogens with zero attached hydrogens (tertiary/aromatic N) is 1. The van der Waals surface area contributed by atoms with E-state index in [4.69, 9.17) is 10.5 Å². The third-order valence-corrected chi connectivity index (χ3v) is 1.90. The number of carbonyl (C=O) groups is 1. The molecular weight excluding hydrogens is 144 g/mol. The van der Waals surface area contributed by atoms with Crippen molar-refractivity contribution in [2.45, 2.75) is 12.5 Å².